The molecule has 29 heavy (non-hydrogen) atoms. The minimum atomic E-state index is -4.54. The highest BCUT2D eigenvalue weighted by atomic mass is 19.4. The topological polar surface area (TPSA) is 129 Å². The van der Waals surface area contributed by atoms with Crippen LogP contribution in [0.15, 0.2) is 24.4 Å². The number of carboxylic acid groups (broad SMARTS) is 2. The summed E-state index contributed by atoms with van der Waals surface area (Å²) in [6.07, 6.45) is -3.10. The lowest BCUT2D eigenvalue weighted by molar-refractivity contribution is -0.140. The first-order valence-electron chi connectivity index (χ1n) is 8.36. The molecule has 0 bridgehead atoms. The zero-order chi connectivity index (χ0) is 22.8. The minimum absolute atomic E-state index is 0.0369. The van der Waals surface area contributed by atoms with Crippen LogP contribution in [0.25, 0.3) is 0 Å². The molecule has 0 saturated heterocycles. The molecule has 8 nitrogen and oxygen atoms in total. The average molecular weight is 422 g/mol. The zero-order valence-corrected chi connectivity index (χ0v) is 16.4. The molecule has 11 heteroatoms. The number of hydrogen-bond acceptors (Lipinski definition) is 6. The first kappa shape index (κ1) is 26.3. The maximum absolute atomic E-state index is 12.9. The van der Waals surface area contributed by atoms with E-state index in [0.717, 1.165) is 0 Å². The number of aryl methyl sites for hydroxylation is 1. The van der Waals surface area contributed by atoms with E-state index in [-0.39, 0.29) is 24.3 Å². The fraction of sp³-hybridized carbons (Fsp3) is 0.500. The van der Waals surface area contributed by atoms with Crippen molar-refractivity contribution in [1.29, 1.82) is 0 Å². The Bertz CT molecular complexity index is 699. The summed E-state index contributed by atoms with van der Waals surface area (Å²) in [7, 11) is 0. The van der Waals surface area contributed by atoms with Gasteiger partial charge in [-0.15, -0.1) is 0 Å². The van der Waals surface area contributed by atoms with Gasteiger partial charge in [0.1, 0.15) is 18.3 Å². The molecule has 0 aliphatic carbocycles. The number of carboxylic acids is 2. The Morgan fingerprint density at radius 3 is 2.14 bits per heavy atom. The van der Waals surface area contributed by atoms with Crippen molar-refractivity contribution in [3.63, 3.8) is 0 Å². The number of β-amino-alcohol motifs (C(OH)–C–C–N with tert-alkyl or cyclic N) is 1. The van der Waals surface area contributed by atoms with E-state index in [1.807, 2.05) is 20.8 Å². The first-order chi connectivity index (χ1) is 13.1. The number of carbonyl (C=O) groups is 2. The molecule has 0 aliphatic rings. The van der Waals surface area contributed by atoms with Crippen molar-refractivity contribution in [2.45, 2.75) is 45.5 Å². The number of ether oxygens (including phenoxy) is 1. The molecular weight excluding hydrogens is 397 g/mol. The van der Waals surface area contributed by atoms with E-state index in [1.54, 1.807) is 0 Å². The van der Waals surface area contributed by atoms with E-state index in [0.29, 0.717) is 12.2 Å². The van der Waals surface area contributed by atoms with Gasteiger partial charge in [-0.2, -0.15) is 13.2 Å². The number of nitrogens with zero attached hydrogens (tertiary/aromatic N) is 1. The Hall–Kier alpha value is -2.66. The van der Waals surface area contributed by atoms with Crippen molar-refractivity contribution in [3.05, 3.63) is 35.5 Å². The maximum atomic E-state index is 12.9. The van der Waals surface area contributed by atoms with Crippen LogP contribution in [-0.4, -0.2) is 57.0 Å². The highest BCUT2D eigenvalue weighted by Gasteiger charge is 2.37. The Morgan fingerprint density at radius 2 is 1.72 bits per heavy atom. The lowest BCUT2D eigenvalue weighted by Crippen LogP contribution is -2.42. The second-order valence-electron chi connectivity index (χ2n) is 6.91. The number of aliphatic hydroxyl groups excluding tert-OH is 1. The van der Waals surface area contributed by atoms with E-state index in [1.165, 1.54) is 19.2 Å². The number of halogens is 3. The molecule has 1 atom stereocenters. The molecule has 0 unspecified atom stereocenters. The van der Waals surface area contributed by atoms with Gasteiger partial charge >= 0.3 is 18.1 Å². The summed E-state index contributed by atoms with van der Waals surface area (Å²) in [5.74, 6) is -3.02. The quantitative estimate of drug-likeness (QED) is 0.493. The Balaban J connectivity index is 0.000000828. The van der Waals surface area contributed by atoms with Crippen LogP contribution in [0.1, 0.15) is 31.9 Å². The van der Waals surface area contributed by atoms with E-state index >= 15 is 0 Å². The fourth-order valence-corrected chi connectivity index (χ4v) is 1.79. The number of aliphatic hydroxyl groups is 1. The molecule has 1 aromatic rings. The van der Waals surface area contributed by atoms with Crippen molar-refractivity contribution < 1.29 is 42.8 Å². The standard InChI is InChI=1S/C14H21F3N2O2.C4H4O4/c1-9-5-6-18-12(11(9)14(15,16)17)21-8-10(20)7-19-13(2,3)4;5-3(6)1-2-4(7)8/h5-6,10,19-20H,7-8H2,1-4H3;1-2H,(H,5,6)(H,7,8)/b;2-1-/t10-;/m0./s1. The molecule has 0 amide bonds. The number of rotatable bonds is 7. The van der Waals surface area contributed by atoms with Crippen molar-refractivity contribution in [2.75, 3.05) is 13.2 Å². The SMILES string of the molecule is Cc1ccnc(OC[C@@H](O)CNC(C)(C)C)c1C(F)(F)F.O=C(O)/C=C\C(=O)O. The van der Waals surface area contributed by atoms with Crippen molar-refractivity contribution in [1.82, 2.24) is 10.3 Å². The summed E-state index contributed by atoms with van der Waals surface area (Å²) < 4.78 is 43.9. The molecule has 0 radical (unpaired) electrons. The van der Waals surface area contributed by atoms with Crippen LogP contribution in [0.5, 0.6) is 5.88 Å². The van der Waals surface area contributed by atoms with Crippen molar-refractivity contribution in [3.8, 4) is 5.88 Å². The third-order valence-corrected chi connectivity index (χ3v) is 3.06. The fourth-order valence-electron chi connectivity index (χ4n) is 1.79. The number of pyridine rings is 1. The molecule has 1 rings (SSSR count). The maximum Gasteiger partial charge on any atom is 0.421 e. The van der Waals surface area contributed by atoms with E-state index in [9.17, 15) is 27.9 Å². The number of aromatic nitrogens is 1. The summed E-state index contributed by atoms with van der Waals surface area (Å²) in [4.78, 5) is 22.7. The van der Waals surface area contributed by atoms with Gasteiger partial charge in [0.05, 0.1) is 0 Å². The van der Waals surface area contributed by atoms with Gasteiger partial charge in [0.25, 0.3) is 0 Å². The molecule has 0 fully saturated rings. The summed E-state index contributed by atoms with van der Waals surface area (Å²) in [6, 6.07) is 1.27. The van der Waals surface area contributed by atoms with Crippen LogP contribution < -0.4 is 10.1 Å². The highest BCUT2D eigenvalue weighted by Crippen LogP contribution is 2.37. The number of hydrogen-bond donors (Lipinski definition) is 4. The molecular formula is C18H25F3N2O6. The number of nitrogens with one attached hydrogen (secondary N) is 1. The smallest absolute Gasteiger partial charge is 0.421 e. The van der Waals surface area contributed by atoms with E-state index in [2.05, 4.69) is 10.3 Å². The lowest BCUT2D eigenvalue weighted by Gasteiger charge is -2.23. The normalized spacial score (nSPS) is 12.8. The average Bonchev–Trinajstić information content (AvgIpc) is 2.55. The zero-order valence-electron chi connectivity index (χ0n) is 16.4. The predicted octanol–water partition coefficient (Wildman–Crippen LogP) is 2.25. The van der Waals surface area contributed by atoms with Gasteiger partial charge in [-0.1, -0.05) is 0 Å². The van der Waals surface area contributed by atoms with Crippen LogP contribution in [-0.2, 0) is 15.8 Å². The molecule has 164 valence electrons. The Morgan fingerprint density at radius 1 is 1.21 bits per heavy atom. The highest BCUT2D eigenvalue weighted by molar-refractivity contribution is 5.89. The Kier molecular flexibility index (Phi) is 10.3. The van der Waals surface area contributed by atoms with Gasteiger partial charge in [0, 0.05) is 30.4 Å². The van der Waals surface area contributed by atoms with E-state index < -0.39 is 35.7 Å². The van der Waals surface area contributed by atoms with Crippen LogP contribution >= 0.6 is 0 Å². The van der Waals surface area contributed by atoms with E-state index in [4.69, 9.17) is 14.9 Å². The van der Waals surface area contributed by atoms with Crippen molar-refractivity contribution >= 4 is 11.9 Å². The molecule has 0 aromatic carbocycles. The number of aliphatic carboxylic acids is 2. The Labute approximate surface area is 166 Å². The van der Waals surface area contributed by atoms with Crippen LogP contribution in [0.3, 0.4) is 0 Å². The molecule has 1 heterocycles. The summed E-state index contributed by atoms with van der Waals surface area (Å²) in [5, 5.41) is 28.4. The third kappa shape index (κ3) is 12.4. The van der Waals surface area contributed by atoms with Gasteiger partial charge < -0.3 is 25.4 Å². The molecule has 4 N–H and O–H groups in total. The van der Waals surface area contributed by atoms with Gasteiger partial charge in [-0.25, -0.2) is 14.6 Å². The lowest BCUT2D eigenvalue weighted by atomic mass is 10.1. The largest absolute Gasteiger partial charge is 0.478 e. The second-order valence-corrected chi connectivity index (χ2v) is 6.91. The van der Waals surface area contributed by atoms with Gasteiger partial charge in [0.15, 0.2) is 0 Å². The van der Waals surface area contributed by atoms with Gasteiger partial charge in [-0.05, 0) is 39.3 Å². The molecule has 0 aliphatic heterocycles. The second kappa shape index (κ2) is 11.4. The minimum Gasteiger partial charge on any atom is -0.478 e. The number of alkyl halides is 3. The molecule has 0 spiro atoms. The monoisotopic (exact) mass is 422 g/mol. The first-order valence-corrected chi connectivity index (χ1v) is 8.36. The summed E-state index contributed by atoms with van der Waals surface area (Å²) in [6.45, 7) is 7.06. The van der Waals surface area contributed by atoms with Crippen LogP contribution in [0, 0.1) is 6.92 Å². The summed E-state index contributed by atoms with van der Waals surface area (Å²) in [5.41, 5.74) is -1.06. The molecule has 1 aromatic heterocycles. The predicted molar refractivity (Wildman–Crippen MR) is 97.6 cm³/mol. The molecule has 0 saturated carbocycles. The van der Waals surface area contributed by atoms with Gasteiger partial charge in [0.2, 0.25) is 5.88 Å². The van der Waals surface area contributed by atoms with Crippen LogP contribution in [0.4, 0.5) is 13.2 Å². The van der Waals surface area contributed by atoms with Gasteiger partial charge in [-0.3, -0.25) is 0 Å². The van der Waals surface area contributed by atoms with Crippen LogP contribution in [0.2, 0.25) is 0 Å². The summed E-state index contributed by atoms with van der Waals surface area (Å²) >= 11 is 0. The van der Waals surface area contributed by atoms with Crippen molar-refractivity contribution in [2.24, 2.45) is 0 Å². The third-order valence-electron chi connectivity index (χ3n) is 3.06.